The van der Waals surface area contributed by atoms with Gasteiger partial charge >= 0.3 is 154 Å². The van der Waals surface area contributed by atoms with Gasteiger partial charge in [0.25, 0.3) is 0 Å². The topological polar surface area (TPSA) is 0 Å². The Kier molecular flexibility index (Phi) is 6.26. The van der Waals surface area contributed by atoms with Crippen molar-refractivity contribution in [3.05, 3.63) is 22.0 Å². The fourth-order valence-corrected chi connectivity index (χ4v) is 86.5. The first kappa shape index (κ1) is 21.9. The van der Waals surface area contributed by atoms with Crippen LogP contribution in [0.25, 0.3) is 0 Å². The van der Waals surface area contributed by atoms with E-state index in [0.717, 1.165) is 7.99 Å². The summed E-state index contributed by atoms with van der Waals surface area (Å²) in [5, 5.41) is 0. The number of rotatable bonds is 6. The van der Waals surface area contributed by atoms with Crippen LogP contribution < -0.4 is 0 Å². The molecule has 0 saturated carbocycles. The van der Waals surface area contributed by atoms with E-state index in [1.165, 1.54) is 0 Å². The van der Waals surface area contributed by atoms with Crippen molar-refractivity contribution in [3.8, 4) is 0 Å². The van der Waals surface area contributed by atoms with Gasteiger partial charge in [-0.25, -0.2) is 0 Å². The SMILES string of the molecule is C[Si](C)(C)[CH]([Si](C)(C)C)[Ge]1([CH]([Si](C)(C)C)[Si](C)(C)C)[CH]=CC=[CH]1. The van der Waals surface area contributed by atoms with Gasteiger partial charge in [-0.15, -0.1) is 0 Å². The fourth-order valence-electron chi connectivity index (χ4n) is 6.65. The summed E-state index contributed by atoms with van der Waals surface area (Å²) in [6, 6.07) is 0. The first-order valence-corrected chi connectivity index (χ1v) is 28.5. The van der Waals surface area contributed by atoms with Crippen molar-refractivity contribution < 1.29 is 0 Å². The molecule has 0 fully saturated rings. The van der Waals surface area contributed by atoms with Gasteiger partial charge in [0.05, 0.1) is 0 Å². The molecule has 0 saturated heterocycles. The van der Waals surface area contributed by atoms with Gasteiger partial charge in [0, 0.05) is 0 Å². The number of hydrogen-bond acceptors (Lipinski definition) is 0. The molecule has 0 N–H and O–H groups in total. The Morgan fingerprint density at radius 3 is 0.870 bits per heavy atom. The van der Waals surface area contributed by atoms with Gasteiger partial charge in [-0.05, 0) is 0 Å². The minimum atomic E-state index is -2.21. The monoisotopic (exact) mass is 444 g/mol. The van der Waals surface area contributed by atoms with Gasteiger partial charge in [0.2, 0.25) is 0 Å². The summed E-state index contributed by atoms with van der Waals surface area (Å²) < 4.78 is 2.21. The number of hydrogen-bond donors (Lipinski definition) is 0. The van der Waals surface area contributed by atoms with E-state index >= 15 is 0 Å². The van der Waals surface area contributed by atoms with Gasteiger partial charge in [0.1, 0.15) is 0 Å². The van der Waals surface area contributed by atoms with Crippen LogP contribution in [0.15, 0.2) is 22.0 Å². The molecule has 0 radical (unpaired) electrons. The first-order chi connectivity index (χ1) is 9.94. The molecule has 23 heavy (non-hydrogen) atoms. The van der Waals surface area contributed by atoms with Gasteiger partial charge in [-0.1, -0.05) is 0 Å². The van der Waals surface area contributed by atoms with E-state index in [9.17, 15) is 0 Å². The fraction of sp³-hybridized carbons (Fsp3) is 0.778. The van der Waals surface area contributed by atoms with Gasteiger partial charge in [-0.3, -0.25) is 0 Å². The Hall–Kier alpha value is 0.890. The summed E-state index contributed by atoms with van der Waals surface area (Å²) in [4.78, 5) is 5.70. The van der Waals surface area contributed by atoms with Crippen molar-refractivity contribution in [2.24, 2.45) is 0 Å². The van der Waals surface area contributed by atoms with Crippen molar-refractivity contribution in [2.75, 3.05) is 0 Å². The van der Waals surface area contributed by atoms with Gasteiger partial charge in [0.15, 0.2) is 0 Å². The van der Waals surface area contributed by atoms with Crippen molar-refractivity contribution in [3.63, 3.8) is 0 Å². The van der Waals surface area contributed by atoms with E-state index in [1.54, 1.807) is 0 Å². The Bertz CT molecular complexity index is 407. The summed E-state index contributed by atoms with van der Waals surface area (Å²) in [5.41, 5.74) is 0. The summed E-state index contributed by atoms with van der Waals surface area (Å²) in [7, 11) is -4.77. The Balaban J connectivity index is 3.72. The summed E-state index contributed by atoms with van der Waals surface area (Å²) in [6.07, 6.45) is 4.92. The molecule has 0 aromatic carbocycles. The second kappa shape index (κ2) is 6.56. The average Bonchev–Trinajstić information content (AvgIpc) is 2.55. The van der Waals surface area contributed by atoms with Crippen LogP contribution in [-0.4, -0.2) is 45.6 Å². The Morgan fingerprint density at radius 2 is 0.696 bits per heavy atom. The second-order valence-electron chi connectivity index (χ2n) is 12.0. The predicted octanol–water partition coefficient (Wildman–Crippen LogP) is 6.89. The van der Waals surface area contributed by atoms with Gasteiger partial charge < -0.3 is 0 Å². The van der Waals surface area contributed by atoms with E-state index in [1.807, 2.05) is 0 Å². The van der Waals surface area contributed by atoms with Crippen LogP contribution in [0.2, 0.25) is 86.6 Å². The van der Waals surface area contributed by atoms with E-state index in [0.29, 0.717) is 0 Å². The molecule has 1 rings (SSSR count). The minimum absolute atomic E-state index is 1.11. The quantitative estimate of drug-likeness (QED) is 0.392. The van der Waals surface area contributed by atoms with Crippen molar-refractivity contribution in [1.82, 2.24) is 0 Å². The van der Waals surface area contributed by atoms with E-state index in [-0.39, 0.29) is 0 Å². The van der Waals surface area contributed by atoms with Crippen LogP contribution in [0.5, 0.6) is 0 Å². The second-order valence-corrected chi connectivity index (χ2v) is 47.3. The summed E-state index contributed by atoms with van der Waals surface area (Å²) >= 11 is -2.21. The molecule has 1 aliphatic heterocycles. The molecule has 0 aliphatic carbocycles. The van der Waals surface area contributed by atoms with E-state index in [4.69, 9.17) is 0 Å². The normalized spacial score (nSPS) is 19.2. The Labute approximate surface area is 153 Å². The third kappa shape index (κ3) is 4.74. The molecular formula is C18H42GeSi4. The standard InChI is InChI=1S/C18H42GeSi4/c1-20(2,3)17(21(4,5)6)19(15-13-14-16-19)18(22(7,8)9)23(10,11)12/h13-18H,1-12H3. The zero-order valence-electron chi connectivity index (χ0n) is 18.0. The van der Waals surface area contributed by atoms with Crippen molar-refractivity contribution >= 4 is 45.6 Å². The van der Waals surface area contributed by atoms with E-state index < -0.39 is 45.6 Å². The average molecular weight is 443 g/mol. The molecule has 1 aliphatic rings. The van der Waals surface area contributed by atoms with Crippen LogP contribution >= 0.6 is 0 Å². The molecule has 5 heteroatoms. The molecule has 0 spiro atoms. The van der Waals surface area contributed by atoms with Crippen LogP contribution in [-0.2, 0) is 0 Å². The molecule has 1 heterocycles. The molecule has 0 nitrogen and oxygen atoms in total. The maximum absolute atomic E-state index is 2.85. The van der Waals surface area contributed by atoms with Crippen LogP contribution in [0.3, 0.4) is 0 Å². The molecule has 0 aromatic rings. The number of allylic oxidation sites excluding steroid dienone is 2. The van der Waals surface area contributed by atoms with Crippen LogP contribution in [0.1, 0.15) is 0 Å². The zero-order valence-corrected chi connectivity index (χ0v) is 24.1. The molecule has 0 aromatic heterocycles. The first-order valence-electron chi connectivity index (χ1n) is 9.31. The molecular weight excluding hydrogens is 401 g/mol. The predicted molar refractivity (Wildman–Crippen MR) is 125 cm³/mol. The summed E-state index contributed by atoms with van der Waals surface area (Å²) in [6.45, 7) is 32.1. The zero-order chi connectivity index (χ0) is 18.5. The molecule has 0 bridgehead atoms. The summed E-state index contributed by atoms with van der Waals surface area (Å²) in [5.74, 6) is 0. The molecule has 0 atom stereocenters. The molecule has 134 valence electrons. The van der Waals surface area contributed by atoms with Gasteiger partial charge in [-0.2, -0.15) is 0 Å². The Morgan fingerprint density at radius 1 is 0.478 bits per heavy atom. The van der Waals surface area contributed by atoms with Crippen LogP contribution in [0.4, 0.5) is 0 Å². The van der Waals surface area contributed by atoms with Crippen molar-refractivity contribution in [1.29, 1.82) is 0 Å². The van der Waals surface area contributed by atoms with E-state index in [2.05, 4.69) is 101 Å². The molecule has 0 amide bonds. The molecule has 0 unspecified atom stereocenters. The maximum atomic E-state index is 2.85. The third-order valence-electron chi connectivity index (χ3n) is 5.35. The van der Waals surface area contributed by atoms with Crippen molar-refractivity contribution in [2.45, 2.75) is 86.6 Å². The van der Waals surface area contributed by atoms with Crippen LogP contribution in [0, 0.1) is 0 Å². The third-order valence-corrected chi connectivity index (χ3v) is 62.3.